The lowest BCUT2D eigenvalue weighted by Crippen LogP contribution is -2.48. The Bertz CT molecular complexity index is 1760. The molecule has 1 aromatic heterocycles. The number of ether oxygens (including phenoxy) is 2. The van der Waals surface area contributed by atoms with E-state index in [1.54, 1.807) is 66.5 Å². The van der Waals surface area contributed by atoms with Gasteiger partial charge in [-0.1, -0.05) is 43.3 Å². The molecule has 5 rings (SSSR count). The van der Waals surface area contributed by atoms with Crippen molar-refractivity contribution in [3.8, 4) is 5.75 Å². The number of fused-ring (bicyclic) bond motifs is 2. The van der Waals surface area contributed by atoms with E-state index in [0.717, 1.165) is 35.7 Å². The summed E-state index contributed by atoms with van der Waals surface area (Å²) in [6.45, 7) is 6.49. The second-order valence-electron chi connectivity index (χ2n) is 13.0. The zero-order valence-electron chi connectivity index (χ0n) is 29.2. The number of aliphatic hydroxyl groups excluding tert-OH is 1. The van der Waals surface area contributed by atoms with Crippen LogP contribution in [0.15, 0.2) is 85.2 Å². The Balaban J connectivity index is 1.38. The van der Waals surface area contributed by atoms with Crippen LogP contribution in [0.2, 0.25) is 0 Å². The quantitative estimate of drug-likeness (QED) is 0.204. The maximum atomic E-state index is 14.4. The van der Waals surface area contributed by atoms with E-state index < -0.39 is 12.1 Å². The minimum absolute atomic E-state index is 0.191. The van der Waals surface area contributed by atoms with Crippen LogP contribution in [0.1, 0.15) is 60.7 Å². The lowest BCUT2D eigenvalue weighted by molar-refractivity contribution is -0.0115. The standard InChI is InChI=1S/C39H47N5O6/c1-26-23-44(27(2)25-45)38(47)33-22-31(41-37(46)30-17-19-40-20-18-30)15-16-35(33)50-28(3)10-7-8-21-49-36(26)24-43(4)39(48)42-34-14-9-12-29-11-5-6-13-32(29)34/h5-6,9,11-20,22,26-28,36,45H,7-8,10,21,23-25H2,1-4H3,(H,41,46)(H,42,48)/t26-,27-,28-,36+/m1/s1. The van der Waals surface area contributed by atoms with Gasteiger partial charge in [0.05, 0.1) is 36.1 Å². The Morgan fingerprint density at radius 1 is 1.02 bits per heavy atom. The average Bonchev–Trinajstić information content (AvgIpc) is 3.13. The first-order valence-corrected chi connectivity index (χ1v) is 17.2. The molecule has 264 valence electrons. The predicted octanol–water partition coefficient (Wildman–Crippen LogP) is 6.45. The van der Waals surface area contributed by atoms with E-state index in [-0.39, 0.29) is 55.1 Å². The van der Waals surface area contributed by atoms with Crippen LogP contribution in [0.25, 0.3) is 10.8 Å². The highest BCUT2D eigenvalue weighted by Crippen LogP contribution is 2.29. The van der Waals surface area contributed by atoms with E-state index in [9.17, 15) is 19.5 Å². The summed E-state index contributed by atoms with van der Waals surface area (Å²) in [5.41, 5.74) is 1.86. The van der Waals surface area contributed by atoms with Crippen LogP contribution in [-0.2, 0) is 4.74 Å². The number of urea groups is 1. The molecule has 4 atom stereocenters. The van der Waals surface area contributed by atoms with Gasteiger partial charge in [0.25, 0.3) is 11.8 Å². The van der Waals surface area contributed by atoms with Crippen molar-refractivity contribution in [2.24, 2.45) is 5.92 Å². The molecule has 3 N–H and O–H groups in total. The number of likely N-dealkylation sites (N-methyl/N-ethyl adjacent to an activating group) is 1. The third-order valence-electron chi connectivity index (χ3n) is 9.08. The number of anilines is 2. The molecule has 0 fully saturated rings. The minimum atomic E-state index is -0.536. The van der Waals surface area contributed by atoms with Crippen LogP contribution in [0.5, 0.6) is 5.75 Å². The van der Waals surface area contributed by atoms with Gasteiger partial charge in [0.1, 0.15) is 5.75 Å². The van der Waals surface area contributed by atoms with Crippen molar-refractivity contribution in [1.82, 2.24) is 14.8 Å². The Morgan fingerprint density at radius 2 is 1.78 bits per heavy atom. The van der Waals surface area contributed by atoms with Crippen molar-refractivity contribution in [1.29, 1.82) is 0 Å². The van der Waals surface area contributed by atoms with Crippen LogP contribution in [0.3, 0.4) is 0 Å². The maximum Gasteiger partial charge on any atom is 0.321 e. The van der Waals surface area contributed by atoms with E-state index in [2.05, 4.69) is 15.6 Å². The summed E-state index contributed by atoms with van der Waals surface area (Å²) in [4.78, 5) is 48.0. The zero-order chi connectivity index (χ0) is 35.6. The van der Waals surface area contributed by atoms with Gasteiger partial charge in [-0.2, -0.15) is 0 Å². The summed E-state index contributed by atoms with van der Waals surface area (Å²) >= 11 is 0. The Labute approximate surface area is 293 Å². The zero-order valence-corrected chi connectivity index (χ0v) is 29.2. The number of carbonyl (C=O) groups is 3. The van der Waals surface area contributed by atoms with Crippen molar-refractivity contribution in [3.05, 3.63) is 96.3 Å². The second-order valence-corrected chi connectivity index (χ2v) is 13.0. The smallest absolute Gasteiger partial charge is 0.321 e. The fraction of sp³-hybridized carbons (Fsp3) is 0.385. The first kappa shape index (κ1) is 36.3. The van der Waals surface area contributed by atoms with Gasteiger partial charge in [0.15, 0.2) is 0 Å². The van der Waals surface area contributed by atoms with Crippen molar-refractivity contribution >= 4 is 40.0 Å². The summed E-state index contributed by atoms with van der Waals surface area (Å²) in [5, 5.41) is 18.2. The number of nitrogens with one attached hydrogen (secondary N) is 2. The Morgan fingerprint density at radius 3 is 2.56 bits per heavy atom. The van der Waals surface area contributed by atoms with Crippen LogP contribution < -0.4 is 15.4 Å². The summed E-state index contributed by atoms with van der Waals surface area (Å²) in [7, 11) is 1.73. The normalized spacial score (nSPS) is 19.4. The van der Waals surface area contributed by atoms with Gasteiger partial charge in [0, 0.05) is 61.7 Å². The fourth-order valence-electron chi connectivity index (χ4n) is 6.07. The number of hydrogen-bond donors (Lipinski definition) is 3. The molecule has 2 heterocycles. The number of pyridine rings is 1. The van der Waals surface area contributed by atoms with E-state index in [1.807, 2.05) is 56.3 Å². The molecule has 0 spiro atoms. The van der Waals surface area contributed by atoms with Crippen LogP contribution in [0, 0.1) is 5.92 Å². The highest BCUT2D eigenvalue weighted by molar-refractivity contribution is 6.05. The first-order valence-electron chi connectivity index (χ1n) is 17.2. The van der Waals surface area contributed by atoms with E-state index in [0.29, 0.717) is 23.6 Å². The van der Waals surface area contributed by atoms with Crippen LogP contribution >= 0.6 is 0 Å². The number of amides is 4. The monoisotopic (exact) mass is 681 g/mol. The van der Waals surface area contributed by atoms with Gasteiger partial charge in [-0.25, -0.2) is 4.79 Å². The molecular weight excluding hydrogens is 634 g/mol. The number of benzene rings is 3. The number of aliphatic hydroxyl groups is 1. The molecule has 1 aliphatic rings. The molecule has 11 heteroatoms. The summed E-state index contributed by atoms with van der Waals surface area (Å²) in [6, 6.07) is 21.1. The molecule has 4 aromatic rings. The van der Waals surface area contributed by atoms with E-state index in [1.165, 1.54) is 0 Å². The highest BCUT2D eigenvalue weighted by Gasteiger charge is 2.31. The number of rotatable bonds is 7. The van der Waals surface area contributed by atoms with Gasteiger partial charge in [-0.05, 0) is 74.9 Å². The van der Waals surface area contributed by atoms with Gasteiger partial charge < -0.3 is 35.0 Å². The summed E-state index contributed by atoms with van der Waals surface area (Å²) in [6.07, 6.45) is 4.87. The third kappa shape index (κ3) is 9.16. The van der Waals surface area contributed by atoms with Crippen molar-refractivity contribution < 1.29 is 29.0 Å². The Kier molecular flexibility index (Phi) is 12.4. The van der Waals surface area contributed by atoms with Gasteiger partial charge in [-0.3, -0.25) is 14.6 Å². The average molecular weight is 682 g/mol. The van der Waals surface area contributed by atoms with Gasteiger partial charge in [-0.15, -0.1) is 0 Å². The topological polar surface area (TPSA) is 133 Å². The largest absolute Gasteiger partial charge is 0.490 e. The molecular formula is C39H47N5O6. The van der Waals surface area contributed by atoms with Crippen LogP contribution in [-0.4, -0.2) is 89.3 Å². The molecule has 0 saturated heterocycles. The molecule has 11 nitrogen and oxygen atoms in total. The first-order chi connectivity index (χ1) is 24.1. The van der Waals surface area contributed by atoms with Crippen molar-refractivity contribution in [2.75, 3.05) is 44.0 Å². The predicted molar refractivity (Wildman–Crippen MR) is 195 cm³/mol. The number of nitrogens with zero attached hydrogens (tertiary/aromatic N) is 3. The SMILES string of the molecule is C[C@@H]1CCCCO[C@@H](CN(C)C(=O)Nc2cccc3ccccc23)[C@H](C)CN([C@H](C)CO)C(=O)c2cc(NC(=O)c3ccncc3)ccc2O1. The number of carbonyl (C=O) groups excluding carboxylic acids is 3. The molecule has 50 heavy (non-hydrogen) atoms. The van der Waals surface area contributed by atoms with E-state index >= 15 is 0 Å². The molecule has 3 aromatic carbocycles. The lowest BCUT2D eigenvalue weighted by Gasteiger charge is -2.35. The summed E-state index contributed by atoms with van der Waals surface area (Å²) in [5.74, 6) is -0.500. The molecule has 0 unspecified atom stereocenters. The molecule has 1 aliphatic heterocycles. The van der Waals surface area contributed by atoms with Crippen LogP contribution in [0.4, 0.5) is 16.2 Å². The van der Waals surface area contributed by atoms with Crippen molar-refractivity contribution in [2.45, 2.75) is 58.3 Å². The van der Waals surface area contributed by atoms with Gasteiger partial charge >= 0.3 is 6.03 Å². The molecule has 4 amide bonds. The highest BCUT2D eigenvalue weighted by atomic mass is 16.5. The Hall–Kier alpha value is -5.00. The fourth-order valence-corrected chi connectivity index (χ4v) is 6.07. The third-order valence-corrected chi connectivity index (χ3v) is 9.08. The van der Waals surface area contributed by atoms with E-state index in [4.69, 9.17) is 9.47 Å². The second kappa shape index (κ2) is 17.1. The van der Waals surface area contributed by atoms with Gasteiger partial charge in [0.2, 0.25) is 0 Å². The lowest BCUT2D eigenvalue weighted by atomic mass is 10.0. The molecule has 0 radical (unpaired) electrons. The summed E-state index contributed by atoms with van der Waals surface area (Å²) < 4.78 is 12.7. The molecule has 0 aliphatic carbocycles. The minimum Gasteiger partial charge on any atom is -0.490 e. The van der Waals surface area contributed by atoms with Crippen molar-refractivity contribution in [3.63, 3.8) is 0 Å². The maximum absolute atomic E-state index is 14.4. The molecule has 0 saturated carbocycles. The number of hydrogen-bond acceptors (Lipinski definition) is 7. The number of aromatic nitrogens is 1. The molecule has 0 bridgehead atoms.